The van der Waals surface area contributed by atoms with Crippen molar-refractivity contribution in [2.24, 2.45) is 0 Å². The van der Waals surface area contributed by atoms with Crippen LogP contribution in [0.25, 0.3) is 0 Å². The van der Waals surface area contributed by atoms with E-state index in [1.165, 1.54) is 24.4 Å². The number of ketones is 1. The van der Waals surface area contributed by atoms with Gasteiger partial charge in [-0.15, -0.1) is 10.2 Å². The second kappa shape index (κ2) is 9.30. The van der Waals surface area contributed by atoms with Crippen molar-refractivity contribution < 1.29 is 18.7 Å². The number of Topliss-reactive ketones (excluding diaryl/α,β-unsaturated/α-hetero) is 1. The SMILES string of the molecule is COC(=O)c1c(C)[nH]c(C(=O)C(C)Sc2nnc(CC(C)c3ccccc3)o2)c1C. The van der Waals surface area contributed by atoms with Crippen LogP contribution in [0.5, 0.6) is 0 Å². The number of benzene rings is 1. The molecule has 2 aromatic heterocycles. The molecule has 0 saturated heterocycles. The summed E-state index contributed by atoms with van der Waals surface area (Å²) in [6, 6.07) is 10.1. The smallest absolute Gasteiger partial charge is 0.339 e. The molecule has 0 amide bonds. The van der Waals surface area contributed by atoms with Gasteiger partial charge in [-0.05, 0) is 37.8 Å². The molecule has 0 aliphatic rings. The predicted molar refractivity (Wildman–Crippen MR) is 114 cm³/mol. The first-order valence-corrected chi connectivity index (χ1v) is 10.6. The zero-order chi connectivity index (χ0) is 21.8. The Labute approximate surface area is 179 Å². The van der Waals surface area contributed by atoms with E-state index in [0.717, 1.165) is 0 Å². The minimum atomic E-state index is -0.466. The molecular weight excluding hydrogens is 402 g/mol. The zero-order valence-electron chi connectivity index (χ0n) is 17.7. The largest absolute Gasteiger partial charge is 0.465 e. The molecule has 0 saturated carbocycles. The molecule has 0 radical (unpaired) electrons. The maximum atomic E-state index is 12.9. The van der Waals surface area contributed by atoms with Crippen molar-refractivity contribution in [2.45, 2.75) is 50.5 Å². The zero-order valence-corrected chi connectivity index (χ0v) is 18.5. The van der Waals surface area contributed by atoms with Gasteiger partial charge >= 0.3 is 5.97 Å². The fourth-order valence-corrected chi connectivity index (χ4v) is 4.10. The third kappa shape index (κ3) is 4.64. The van der Waals surface area contributed by atoms with E-state index in [1.807, 2.05) is 18.2 Å². The highest BCUT2D eigenvalue weighted by molar-refractivity contribution is 8.00. The number of methoxy groups -OCH3 is 1. The van der Waals surface area contributed by atoms with Crippen LogP contribution in [-0.2, 0) is 11.2 Å². The molecular formula is C22H25N3O4S. The van der Waals surface area contributed by atoms with Crippen molar-refractivity contribution >= 4 is 23.5 Å². The molecule has 2 heterocycles. The number of thioether (sulfide) groups is 1. The van der Waals surface area contributed by atoms with E-state index in [4.69, 9.17) is 9.15 Å². The highest BCUT2D eigenvalue weighted by Gasteiger charge is 2.27. The Hall–Kier alpha value is -2.87. The van der Waals surface area contributed by atoms with Gasteiger partial charge in [-0.2, -0.15) is 0 Å². The van der Waals surface area contributed by atoms with E-state index in [1.54, 1.807) is 20.8 Å². The third-order valence-corrected chi connectivity index (χ3v) is 5.95. The van der Waals surface area contributed by atoms with Crippen molar-refractivity contribution in [3.8, 4) is 0 Å². The monoisotopic (exact) mass is 427 g/mol. The van der Waals surface area contributed by atoms with E-state index in [9.17, 15) is 9.59 Å². The van der Waals surface area contributed by atoms with E-state index < -0.39 is 11.2 Å². The lowest BCUT2D eigenvalue weighted by Crippen LogP contribution is -2.15. The molecule has 8 heteroatoms. The first kappa shape index (κ1) is 21.8. The summed E-state index contributed by atoms with van der Waals surface area (Å²) in [5, 5.41) is 8.08. The molecule has 0 aliphatic heterocycles. The van der Waals surface area contributed by atoms with Crippen LogP contribution in [0.1, 0.15) is 63.3 Å². The van der Waals surface area contributed by atoms with Crippen LogP contribution in [0, 0.1) is 13.8 Å². The van der Waals surface area contributed by atoms with Crippen molar-refractivity contribution in [3.63, 3.8) is 0 Å². The number of hydrogen-bond donors (Lipinski definition) is 1. The number of aromatic amines is 1. The van der Waals surface area contributed by atoms with Crippen LogP contribution in [0.2, 0.25) is 0 Å². The van der Waals surface area contributed by atoms with Crippen LogP contribution in [0.4, 0.5) is 0 Å². The molecule has 0 aliphatic carbocycles. The Morgan fingerprint density at radius 1 is 1.17 bits per heavy atom. The Kier molecular flexibility index (Phi) is 6.77. The van der Waals surface area contributed by atoms with Gasteiger partial charge in [0.05, 0.1) is 23.6 Å². The van der Waals surface area contributed by atoms with Crippen LogP contribution < -0.4 is 0 Å². The number of nitrogens with one attached hydrogen (secondary N) is 1. The lowest BCUT2D eigenvalue weighted by molar-refractivity contribution is 0.0599. The molecule has 2 atom stereocenters. The summed E-state index contributed by atoms with van der Waals surface area (Å²) >= 11 is 1.20. The van der Waals surface area contributed by atoms with Crippen LogP contribution >= 0.6 is 11.8 Å². The molecule has 3 rings (SSSR count). The first-order chi connectivity index (χ1) is 14.3. The topological polar surface area (TPSA) is 98.1 Å². The molecule has 30 heavy (non-hydrogen) atoms. The predicted octanol–water partition coefficient (Wildman–Crippen LogP) is 4.51. The average Bonchev–Trinajstić information content (AvgIpc) is 3.30. The maximum absolute atomic E-state index is 12.9. The summed E-state index contributed by atoms with van der Waals surface area (Å²) < 4.78 is 10.6. The Morgan fingerprint density at radius 2 is 1.87 bits per heavy atom. The number of carbonyl (C=O) groups excluding carboxylic acids is 2. The summed E-state index contributed by atoms with van der Waals surface area (Å²) in [5.74, 6) is 0.168. The van der Waals surface area contributed by atoms with Crippen molar-refractivity contribution in [1.82, 2.24) is 15.2 Å². The van der Waals surface area contributed by atoms with Crippen molar-refractivity contribution in [2.75, 3.05) is 7.11 Å². The summed E-state index contributed by atoms with van der Waals surface area (Å²) in [6.07, 6.45) is 0.622. The van der Waals surface area contributed by atoms with Gasteiger partial charge in [0.15, 0.2) is 5.78 Å². The minimum absolute atomic E-state index is 0.145. The highest BCUT2D eigenvalue weighted by atomic mass is 32.2. The number of nitrogens with zero attached hydrogens (tertiary/aromatic N) is 2. The first-order valence-electron chi connectivity index (χ1n) is 9.67. The van der Waals surface area contributed by atoms with E-state index in [0.29, 0.717) is 40.0 Å². The number of aryl methyl sites for hydroxylation is 1. The summed E-state index contributed by atoms with van der Waals surface area (Å²) in [4.78, 5) is 27.9. The summed E-state index contributed by atoms with van der Waals surface area (Å²) in [7, 11) is 1.32. The van der Waals surface area contributed by atoms with Crippen LogP contribution in [-0.4, -0.2) is 39.3 Å². The van der Waals surface area contributed by atoms with Crippen molar-refractivity contribution in [3.05, 3.63) is 64.3 Å². The van der Waals surface area contributed by atoms with E-state index in [2.05, 4.69) is 34.2 Å². The Balaban J connectivity index is 1.67. The molecule has 0 fully saturated rings. The van der Waals surface area contributed by atoms with Gasteiger partial charge in [-0.1, -0.05) is 49.0 Å². The summed E-state index contributed by atoms with van der Waals surface area (Å²) in [6.45, 7) is 7.35. The number of ether oxygens (including phenoxy) is 1. The third-order valence-electron chi connectivity index (χ3n) is 5.02. The van der Waals surface area contributed by atoms with Gasteiger partial charge in [-0.25, -0.2) is 4.79 Å². The Bertz CT molecular complexity index is 1040. The minimum Gasteiger partial charge on any atom is -0.465 e. The fourth-order valence-electron chi connectivity index (χ4n) is 3.34. The lowest BCUT2D eigenvalue weighted by Gasteiger charge is -2.09. The lowest BCUT2D eigenvalue weighted by atomic mass is 9.98. The van der Waals surface area contributed by atoms with Crippen molar-refractivity contribution in [1.29, 1.82) is 0 Å². The molecule has 1 N–H and O–H groups in total. The van der Waals surface area contributed by atoms with E-state index in [-0.39, 0.29) is 11.7 Å². The van der Waals surface area contributed by atoms with Crippen LogP contribution in [0.15, 0.2) is 40.0 Å². The molecule has 0 spiro atoms. The average molecular weight is 428 g/mol. The number of H-pyrrole nitrogens is 1. The van der Waals surface area contributed by atoms with Gasteiger partial charge in [0, 0.05) is 12.1 Å². The molecule has 158 valence electrons. The number of rotatable bonds is 8. The normalized spacial score (nSPS) is 13.1. The second-order valence-corrected chi connectivity index (χ2v) is 8.51. The molecule has 7 nitrogen and oxygen atoms in total. The quantitative estimate of drug-likeness (QED) is 0.321. The second-order valence-electron chi connectivity index (χ2n) is 7.22. The molecule has 2 unspecified atom stereocenters. The van der Waals surface area contributed by atoms with Gasteiger partial charge in [-0.3, -0.25) is 4.79 Å². The molecule has 3 aromatic rings. The van der Waals surface area contributed by atoms with Gasteiger partial charge < -0.3 is 14.1 Å². The van der Waals surface area contributed by atoms with Gasteiger partial charge in [0.1, 0.15) is 0 Å². The number of aromatic nitrogens is 3. The van der Waals surface area contributed by atoms with Gasteiger partial charge in [0.25, 0.3) is 5.22 Å². The Morgan fingerprint density at radius 3 is 2.53 bits per heavy atom. The molecule has 1 aromatic carbocycles. The van der Waals surface area contributed by atoms with Gasteiger partial charge in [0.2, 0.25) is 5.89 Å². The number of carbonyl (C=O) groups is 2. The fraction of sp³-hybridized carbons (Fsp3) is 0.364. The van der Waals surface area contributed by atoms with E-state index >= 15 is 0 Å². The highest BCUT2D eigenvalue weighted by Crippen LogP contribution is 2.28. The maximum Gasteiger partial charge on any atom is 0.339 e. The number of esters is 1. The standard InChI is InChI=1S/C22H25N3O4S/c1-12(16-9-7-6-8-10-16)11-17-24-25-22(29-17)30-15(4)20(26)19-13(2)18(14(3)23-19)21(27)28-5/h6-10,12,15,23H,11H2,1-5H3. The number of hydrogen-bond acceptors (Lipinski definition) is 7. The van der Waals surface area contributed by atoms with Crippen LogP contribution in [0.3, 0.4) is 0 Å². The summed E-state index contributed by atoms with van der Waals surface area (Å²) in [5.41, 5.74) is 3.18. The molecule has 0 bridgehead atoms.